The molecule has 1 amide bonds. The third-order valence-electron chi connectivity index (χ3n) is 3.10. The molecule has 0 aromatic heterocycles. The summed E-state index contributed by atoms with van der Waals surface area (Å²) < 4.78 is 5.26. The molecule has 1 aromatic carbocycles. The van der Waals surface area contributed by atoms with E-state index in [9.17, 15) is 4.79 Å². The van der Waals surface area contributed by atoms with E-state index in [-0.39, 0.29) is 5.91 Å². The van der Waals surface area contributed by atoms with Crippen LogP contribution in [0.5, 0.6) is 5.75 Å². The molecule has 5 heteroatoms. The summed E-state index contributed by atoms with van der Waals surface area (Å²) in [5.41, 5.74) is 1.85. The quantitative estimate of drug-likeness (QED) is 0.916. The van der Waals surface area contributed by atoms with Crippen LogP contribution in [0.25, 0.3) is 0 Å². The lowest BCUT2D eigenvalue weighted by atomic mass is 10.2. The zero-order valence-electron chi connectivity index (χ0n) is 11.4. The third-order valence-corrected chi connectivity index (χ3v) is 4.04. The Bertz CT molecular complexity index is 445. The van der Waals surface area contributed by atoms with E-state index in [1.54, 1.807) is 7.11 Å². The van der Waals surface area contributed by atoms with Gasteiger partial charge in [0.1, 0.15) is 5.75 Å². The molecule has 4 nitrogen and oxygen atoms in total. The van der Waals surface area contributed by atoms with E-state index in [4.69, 9.17) is 4.74 Å². The van der Waals surface area contributed by atoms with E-state index < -0.39 is 0 Å². The predicted molar refractivity (Wildman–Crippen MR) is 80.1 cm³/mol. The van der Waals surface area contributed by atoms with Crippen molar-refractivity contribution in [2.24, 2.45) is 0 Å². The van der Waals surface area contributed by atoms with Gasteiger partial charge in [-0.1, -0.05) is 6.07 Å². The zero-order chi connectivity index (χ0) is 13.7. The van der Waals surface area contributed by atoms with E-state index in [0.29, 0.717) is 12.3 Å². The first kappa shape index (κ1) is 14.2. The van der Waals surface area contributed by atoms with Crippen molar-refractivity contribution in [2.45, 2.75) is 6.92 Å². The second-order valence-corrected chi connectivity index (χ2v) is 5.87. The van der Waals surface area contributed by atoms with Gasteiger partial charge in [-0.25, -0.2) is 0 Å². The fourth-order valence-corrected chi connectivity index (χ4v) is 3.05. The summed E-state index contributed by atoms with van der Waals surface area (Å²) in [6.07, 6.45) is 0. The van der Waals surface area contributed by atoms with E-state index in [1.165, 1.54) is 0 Å². The molecule has 104 valence electrons. The van der Waals surface area contributed by atoms with Crippen LogP contribution in [0.15, 0.2) is 18.2 Å². The van der Waals surface area contributed by atoms with Gasteiger partial charge in [0, 0.05) is 24.6 Å². The molecule has 1 aliphatic heterocycles. The fraction of sp³-hybridized carbons (Fsp3) is 0.500. The van der Waals surface area contributed by atoms with Gasteiger partial charge in [-0.05, 0) is 24.6 Å². The number of amides is 1. The Balaban J connectivity index is 1.95. The molecule has 1 N–H and O–H groups in total. The highest BCUT2D eigenvalue weighted by molar-refractivity contribution is 7.99. The highest BCUT2D eigenvalue weighted by Gasteiger charge is 2.15. The van der Waals surface area contributed by atoms with Crippen LogP contribution in [0.4, 0.5) is 5.69 Å². The number of carbonyl (C=O) groups is 1. The van der Waals surface area contributed by atoms with Crippen molar-refractivity contribution >= 4 is 23.4 Å². The first-order valence-corrected chi connectivity index (χ1v) is 7.59. The molecule has 1 heterocycles. The van der Waals surface area contributed by atoms with Gasteiger partial charge in [-0.2, -0.15) is 11.8 Å². The maximum atomic E-state index is 12.0. The van der Waals surface area contributed by atoms with Crippen molar-refractivity contribution in [2.75, 3.05) is 43.6 Å². The second kappa shape index (κ2) is 6.82. The molecule has 1 fully saturated rings. The van der Waals surface area contributed by atoms with Gasteiger partial charge in [-0.15, -0.1) is 0 Å². The third kappa shape index (κ3) is 4.14. The molecule has 1 aromatic rings. The Kier molecular flexibility index (Phi) is 5.10. The number of ether oxygens (including phenoxy) is 1. The smallest absolute Gasteiger partial charge is 0.238 e. The first-order chi connectivity index (χ1) is 9.19. The highest BCUT2D eigenvalue weighted by atomic mass is 32.2. The monoisotopic (exact) mass is 280 g/mol. The van der Waals surface area contributed by atoms with Gasteiger partial charge in [0.25, 0.3) is 0 Å². The number of hydrogen-bond acceptors (Lipinski definition) is 4. The summed E-state index contributed by atoms with van der Waals surface area (Å²) in [7, 11) is 1.61. The van der Waals surface area contributed by atoms with Gasteiger partial charge >= 0.3 is 0 Å². The molecule has 19 heavy (non-hydrogen) atoms. The molecule has 0 unspecified atom stereocenters. The number of carbonyl (C=O) groups excluding carboxylic acids is 1. The SMILES string of the molecule is COc1ccc(C)cc1NC(=O)CN1CCSCC1. The largest absolute Gasteiger partial charge is 0.495 e. The van der Waals surface area contributed by atoms with Crippen LogP contribution in [-0.2, 0) is 4.79 Å². The van der Waals surface area contributed by atoms with Crippen LogP contribution in [0.2, 0.25) is 0 Å². The molecule has 0 bridgehead atoms. The average molecular weight is 280 g/mol. The maximum Gasteiger partial charge on any atom is 0.238 e. The summed E-state index contributed by atoms with van der Waals surface area (Å²) in [5.74, 6) is 2.95. The minimum atomic E-state index is 0.0239. The number of nitrogens with one attached hydrogen (secondary N) is 1. The Morgan fingerprint density at radius 1 is 1.42 bits per heavy atom. The number of hydrogen-bond donors (Lipinski definition) is 1. The van der Waals surface area contributed by atoms with Crippen molar-refractivity contribution in [3.63, 3.8) is 0 Å². The Morgan fingerprint density at radius 2 is 2.16 bits per heavy atom. The van der Waals surface area contributed by atoms with E-state index in [0.717, 1.165) is 35.8 Å². The van der Waals surface area contributed by atoms with Crippen LogP contribution >= 0.6 is 11.8 Å². The van der Waals surface area contributed by atoms with Crippen molar-refractivity contribution in [3.05, 3.63) is 23.8 Å². The van der Waals surface area contributed by atoms with Crippen LogP contribution in [0.3, 0.4) is 0 Å². The summed E-state index contributed by atoms with van der Waals surface area (Å²) >= 11 is 1.94. The molecular weight excluding hydrogens is 260 g/mol. The average Bonchev–Trinajstić information content (AvgIpc) is 2.40. The number of rotatable bonds is 4. The number of thioether (sulfide) groups is 1. The van der Waals surface area contributed by atoms with Crippen molar-refractivity contribution in [1.82, 2.24) is 4.90 Å². The Morgan fingerprint density at radius 3 is 2.84 bits per heavy atom. The molecule has 1 saturated heterocycles. The Labute approximate surface area is 118 Å². The normalized spacial score (nSPS) is 16.1. The molecule has 1 aliphatic rings. The molecule has 0 saturated carbocycles. The second-order valence-electron chi connectivity index (χ2n) is 4.64. The lowest BCUT2D eigenvalue weighted by Gasteiger charge is -2.25. The van der Waals surface area contributed by atoms with Crippen LogP contribution < -0.4 is 10.1 Å². The van der Waals surface area contributed by atoms with Crippen molar-refractivity contribution in [3.8, 4) is 5.75 Å². The van der Waals surface area contributed by atoms with Gasteiger partial charge in [0.05, 0.1) is 19.3 Å². The van der Waals surface area contributed by atoms with E-state index in [1.807, 2.05) is 36.9 Å². The predicted octanol–water partition coefficient (Wildman–Crippen LogP) is 1.99. The van der Waals surface area contributed by atoms with Crippen LogP contribution in [0.1, 0.15) is 5.56 Å². The lowest BCUT2D eigenvalue weighted by Crippen LogP contribution is -2.38. The van der Waals surface area contributed by atoms with Gasteiger partial charge in [-0.3, -0.25) is 9.69 Å². The van der Waals surface area contributed by atoms with E-state index >= 15 is 0 Å². The van der Waals surface area contributed by atoms with E-state index in [2.05, 4.69) is 10.2 Å². The molecular formula is C14H20N2O2S. The number of nitrogens with zero attached hydrogens (tertiary/aromatic N) is 1. The highest BCUT2D eigenvalue weighted by Crippen LogP contribution is 2.25. The van der Waals surface area contributed by atoms with Crippen molar-refractivity contribution < 1.29 is 9.53 Å². The van der Waals surface area contributed by atoms with Crippen LogP contribution in [0, 0.1) is 6.92 Å². The van der Waals surface area contributed by atoms with Crippen LogP contribution in [-0.4, -0.2) is 49.1 Å². The first-order valence-electron chi connectivity index (χ1n) is 6.43. The molecule has 0 aliphatic carbocycles. The number of benzene rings is 1. The fourth-order valence-electron chi connectivity index (χ4n) is 2.07. The van der Waals surface area contributed by atoms with Crippen molar-refractivity contribution in [1.29, 1.82) is 0 Å². The molecule has 0 spiro atoms. The maximum absolute atomic E-state index is 12.0. The summed E-state index contributed by atoms with van der Waals surface area (Å²) in [4.78, 5) is 14.2. The summed E-state index contributed by atoms with van der Waals surface area (Å²) in [6.45, 7) is 4.43. The van der Waals surface area contributed by atoms with Gasteiger partial charge in [0.2, 0.25) is 5.91 Å². The zero-order valence-corrected chi connectivity index (χ0v) is 12.3. The standard InChI is InChI=1S/C14H20N2O2S/c1-11-3-4-13(18-2)12(9-11)15-14(17)10-16-5-7-19-8-6-16/h3-4,9H,5-8,10H2,1-2H3,(H,15,17). The summed E-state index contributed by atoms with van der Waals surface area (Å²) in [5, 5.41) is 2.94. The summed E-state index contributed by atoms with van der Waals surface area (Å²) in [6, 6.07) is 5.78. The number of aryl methyl sites for hydroxylation is 1. The minimum absolute atomic E-state index is 0.0239. The lowest BCUT2D eigenvalue weighted by molar-refractivity contribution is -0.117. The molecule has 0 atom stereocenters. The molecule has 0 radical (unpaired) electrons. The van der Waals surface area contributed by atoms with Gasteiger partial charge < -0.3 is 10.1 Å². The molecule has 2 rings (SSSR count). The number of anilines is 1. The Hall–Kier alpha value is -1.20. The van der Waals surface area contributed by atoms with Gasteiger partial charge in [0.15, 0.2) is 0 Å². The minimum Gasteiger partial charge on any atom is -0.495 e. The number of methoxy groups -OCH3 is 1. The topological polar surface area (TPSA) is 41.6 Å².